The lowest BCUT2D eigenvalue weighted by molar-refractivity contribution is 0.312. The van der Waals surface area contributed by atoms with Crippen molar-refractivity contribution >= 4 is 0 Å². The highest BCUT2D eigenvalue weighted by molar-refractivity contribution is 5.16. The SMILES string of the molecule is C#CCN1CCCC(CCc2ccc(F)cc2)CC1. The van der Waals surface area contributed by atoms with Crippen LogP contribution in [0.15, 0.2) is 24.3 Å². The summed E-state index contributed by atoms with van der Waals surface area (Å²) in [5, 5.41) is 0. The summed E-state index contributed by atoms with van der Waals surface area (Å²) in [6.07, 6.45) is 11.4. The molecule has 0 amide bonds. The first-order valence-corrected chi connectivity index (χ1v) is 7.18. The Balaban J connectivity index is 1.77. The fourth-order valence-corrected chi connectivity index (χ4v) is 2.82. The molecule has 102 valence electrons. The maximum atomic E-state index is 12.8. The van der Waals surface area contributed by atoms with E-state index >= 15 is 0 Å². The summed E-state index contributed by atoms with van der Waals surface area (Å²) in [6.45, 7) is 3.04. The van der Waals surface area contributed by atoms with Gasteiger partial charge >= 0.3 is 0 Å². The molecule has 1 unspecified atom stereocenters. The number of hydrogen-bond acceptors (Lipinski definition) is 1. The van der Waals surface area contributed by atoms with E-state index in [4.69, 9.17) is 6.42 Å². The first-order chi connectivity index (χ1) is 9.28. The zero-order valence-corrected chi connectivity index (χ0v) is 11.4. The topological polar surface area (TPSA) is 3.24 Å². The van der Waals surface area contributed by atoms with Gasteiger partial charge < -0.3 is 0 Å². The normalized spacial score (nSPS) is 20.7. The van der Waals surface area contributed by atoms with Gasteiger partial charge in [0.1, 0.15) is 5.82 Å². The van der Waals surface area contributed by atoms with E-state index in [0.717, 1.165) is 32.0 Å². The maximum Gasteiger partial charge on any atom is 0.123 e. The number of rotatable bonds is 4. The largest absolute Gasteiger partial charge is 0.292 e. The smallest absolute Gasteiger partial charge is 0.123 e. The molecule has 1 aromatic carbocycles. The molecule has 1 nitrogen and oxygen atoms in total. The molecule has 19 heavy (non-hydrogen) atoms. The summed E-state index contributed by atoms with van der Waals surface area (Å²) in [7, 11) is 0. The Kier molecular flexibility index (Phi) is 5.42. The van der Waals surface area contributed by atoms with Gasteiger partial charge in [-0.2, -0.15) is 0 Å². The van der Waals surface area contributed by atoms with Crippen LogP contribution in [0.2, 0.25) is 0 Å². The molecule has 1 fully saturated rings. The van der Waals surface area contributed by atoms with Crippen molar-refractivity contribution in [2.24, 2.45) is 5.92 Å². The molecule has 0 saturated carbocycles. The monoisotopic (exact) mass is 259 g/mol. The van der Waals surface area contributed by atoms with Gasteiger partial charge in [0.05, 0.1) is 6.54 Å². The Morgan fingerprint density at radius 1 is 1.21 bits per heavy atom. The van der Waals surface area contributed by atoms with Gasteiger partial charge in [-0.25, -0.2) is 4.39 Å². The molecular weight excluding hydrogens is 237 g/mol. The van der Waals surface area contributed by atoms with E-state index < -0.39 is 0 Å². The lowest BCUT2D eigenvalue weighted by atomic mass is 9.93. The van der Waals surface area contributed by atoms with Crippen LogP contribution in [0.25, 0.3) is 0 Å². The van der Waals surface area contributed by atoms with Crippen LogP contribution in [-0.4, -0.2) is 24.5 Å². The molecule has 1 atom stereocenters. The highest BCUT2D eigenvalue weighted by Gasteiger charge is 2.16. The van der Waals surface area contributed by atoms with Crippen LogP contribution in [-0.2, 0) is 6.42 Å². The van der Waals surface area contributed by atoms with Gasteiger partial charge in [0.2, 0.25) is 0 Å². The second-order valence-electron chi connectivity index (χ2n) is 5.44. The van der Waals surface area contributed by atoms with Gasteiger partial charge in [0, 0.05) is 0 Å². The molecule has 2 rings (SSSR count). The predicted octanol–water partition coefficient (Wildman–Crippen LogP) is 3.49. The number of nitrogens with zero attached hydrogens (tertiary/aromatic N) is 1. The summed E-state index contributed by atoms with van der Waals surface area (Å²) in [5.74, 6) is 3.37. The van der Waals surface area contributed by atoms with Crippen LogP contribution in [0, 0.1) is 24.1 Å². The summed E-state index contributed by atoms with van der Waals surface area (Å²) in [5.41, 5.74) is 1.24. The average Bonchev–Trinajstić information content (AvgIpc) is 2.64. The zero-order chi connectivity index (χ0) is 13.5. The van der Waals surface area contributed by atoms with Crippen molar-refractivity contribution in [3.05, 3.63) is 35.6 Å². The average molecular weight is 259 g/mol. The Labute approximate surface area is 115 Å². The van der Waals surface area contributed by atoms with E-state index in [0.29, 0.717) is 0 Å². The van der Waals surface area contributed by atoms with Crippen LogP contribution in [0.3, 0.4) is 0 Å². The standard InChI is InChI=1S/C17H22FN/c1-2-12-19-13-3-4-15(11-14-19)5-6-16-7-9-17(18)10-8-16/h1,7-10,15H,3-6,11-14H2. The first-order valence-electron chi connectivity index (χ1n) is 7.18. The number of terminal acetylenes is 1. The molecule has 1 heterocycles. The second-order valence-corrected chi connectivity index (χ2v) is 5.44. The minimum atomic E-state index is -0.150. The Morgan fingerprint density at radius 3 is 2.74 bits per heavy atom. The zero-order valence-electron chi connectivity index (χ0n) is 11.4. The predicted molar refractivity (Wildman–Crippen MR) is 77.3 cm³/mol. The highest BCUT2D eigenvalue weighted by Crippen LogP contribution is 2.22. The van der Waals surface area contributed by atoms with Crippen molar-refractivity contribution in [1.82, 2.24) is 4.90 Å². The first kappa shape index (κ1) is 14.1. The Morgan fingerprint density at radius 2 is 2.00 bits per heavy atom. The van der Waals surface area contributed by atoms with Gasteiger partial charge in [0.25, 0.3) is 0 Å². The van der Waals surface area contributed by atoms with Crippen LogP contribution in [0.4, 0.5) is 4.39 Å². The third-order valence-electron chi connectivity index (χ3n) is 4.01. The molecule has 0 bridgehead atoms. The molecule has 0 aliphatic carbocycles. The van der Waals surface area contributed by atoms with Crippen LogP contribution in [0.1, 0.15) is 31.2 Å². The van der Waals surface area contributed by atoms with Crippen molar-refractivity contribution in [2.75, 3.05) is 19.6 Å². The number of benzene rings is 1. The molecule has 1 aliphatic heterocycles. The summed E-state index contributed by atoms with van der Waals surface area (Å²) >= 11 is 0. The minimum Gasteiger partial charge on any atom is -0.292 e. The second kappa shape index (κ2) is 7.31. The molecule has 1 aliphatic rings. The molecule has 1 aromatic rings. The van der Waals surface area contributed by atoms with Crippen LogP contribution in [0.5, 0.6) is 0 Å². The van der Waals surface area contributed by atoms with Crippen molar-refractivity contribution < 1.29 is 4.39 Å². The van der Waals surface area contributed by atoms with E-state index in [9.17, 15) is 4.39 Å². The van der Waals surface area contributed by atoms with Gasteiger partial charge in [0.15, 0.2) is 0 Å². The number of aryl methyl sites for hydroxylation is 1. The van der Waals surface area contributed by atoms with E-state index in [1.165, 1.54) is 31.2 Å². The Hall–Kier alpha value is -1.33. The summed E-state index contributed by atoms with van der Waals surface area (Å²) in [4.78, 5) is 2.37. The number of halogens is 1. The quantitative estimate of drug-likeness (QED) is 0.748. The molecule has 2 heteroatoms. The van der Waals surface area contributed by atoms with Gasteiger partial charge in [-0.05, 0) is 68.8 Å². The Bertz CT molecular complexity index is 418. The van der Waals surface area contributed by atoms with E-state index in [2.05, 4.69) is 10.8 Å². The lowest BCUT2D eigenvalue weighted by Gasteiger charge is -2.17. The van der Waals surface area contributed by atoms with Gasteiger partial charge in [-0.3, -0.25) is 4.90 Å². The van der Waals surface area contributed by atoms with E-state index in [1.54, 1.807) is 12.1 Å². The fraction of sp³-hybridized carbons (Fsp3) is 0.529. The van der Waals surface area contributed by atoms with Crippen molar-refractivity contribution in [2.45, 2.75) is 32.1 Å². The molecule has 0 aromatic heterocycles. The summed E-state index contributed by atoms with van der Waals surface area (Å²) in [6, 6.07) is 6.90. The van der Waals surface area contributed by atoms with Crippen molar-refractivity contribution in [1.29, 1.82) is 0 Å². The van der Waals surface area contributed by atoms with Crippen LogP contribution < -0.4 is 0 Å². The van der Waals surface area contributed by atoms with Crippen molar-refractivity contribution in [3.8, 4) is 12.3 Å². The van der Waals surface area contributed by atoms with Gasteiger partial charge in [-0.1, -0.05) is 18.1 Å². The number of hydrogen-bond donors (Lipinski definition) is 0. The van der Waals surface area contributed by atoms with Crippen LogP contribution >= 0.6 is 0 Å². The lowest BCUT2D eigenvalue weighted by Crippen LogP contribution is -2.25. The van der Waals surface area contributed by atoms with Gasteiger partial charge in [-0.15, -0.1) is 6.42 Å². The van der Waals surface area contributed by atoms with E-state index in [-0.39, 0.29) is 5.82 Å². The highest BCUT2D eigenvalue weighted by atomic mass is 19.1. The molecule has 0 N–H and O–H groups in total. The fourth-order valence-electron chi connectivity index (χ4n) is 2.82. The van der Waals surface area contributed by atoms with Crippen molar-refractivity contribution in [3.63, 3.8) is 0 Å². The number of likely N-dealkylation sites (tertiary alicyclic amines) is 1. The summed E-state index contributed by atoms with van der Waals surface area (Å²) < 4.78 is 12.8. The molecule has 1 saturated heterocycles. The van der Waals surface area contributed by atoms with E-state index in [1.807, 2.05) is 12.1 Å². The molecule has 0 spiro atoms. The third kappa shape index (κ3) is 4.69. The molecule has 0 radical (unpaired) electrons. The minimum absolute atomic E-state index is 0.150. The third-order valence-corrected chi connectivity index (χ3v) is 4.01. The molecular formula is C17H22FN. The maximum absolute atomic E-state index is 12.8.